The number of aliphatic carboxylic acids is 1. The van der Waals surface area contributed by atoms with E-state index in [1.165, 1.54) is 30.2 Å². The van der Waals surface area contributed by atoms with Crippen LogP contribution in [0.25, 0.3) is 10.2 Å². The summed E-state index contributed by atoms with van der Waals surface area (Å²) in [4.78, 5) is 25.8. The maximum Gasteiger partial charge on any atom is 0.326 e. The number of carboxylic acid groups (broad SMARTS) is 1. The Morgan fingerprint density at radius 3 is 2.68 bits per heavy atom. The van der Waals surface area contributed by atoms with Crippen molar-refractivity contribution >= 4 is 33.4 Å². The third kappa shape index (κ3) is 2.21. The molecule has 1 atom stereocenters. The molecule has 2 aromatic heterocycles. The van der Waals surface area contributed by atoms with Gasteiger partial charge < -0.3 is 10.0 Å². The standard InChI is InChI=1S/C12H15N3O3S/c1-6-8-5-9(19-11(8)15(4)13-6)10(16)14(3)7(2)12(17)18/h5,7H,1-4H3,(H,17,18). The van der Waals surface area contributed by atoms with Crippen LogP contribution in [-0.2, 0) is 11.8 Å². The number of rotatable bonds is 3. The van der Waals surface area contributed by atoms with Crippen molar-refractivity contribution < 1.29 is 14.7 Å². The molecule has 0 saturated heterocycles. The number of hydrogen-bond acceptors (Lipinski definition) is 4. The topological polar surface area (TPSA) is 75.4 Å². The largest absolute Gasteiger partial charge is 0.480 e. The Kier molecular flexibility index (Phi) is 3.32. The molecule has 0 radical (unpaired) electrons. The van der Waals surface area contributed by atoms with Gasteiger partial charge in [-0.1, -0.05) is 0 Å². The lowest BCUT2D eigenvalue weighted by Crippen LogP contribution is -2.39. The van der Waals surface area contributed by atoms with E-state index in [0.717, 1.165) is 15.9 Å². The number of nitrogens with zero attached hydrogens (tertiary/aromatic N) is 3. The molecule has 0 spiro atoms. The summed E-state index contributed by atoms with van der Waals surface area (Å²) in [5.41, 5.74) is 0.863. The Balaban J connectivity index is 2.36. The molecule has 0 saturated carbocycles. The molecular formula is C12H15N3O3S. The number of amides is 1. The lowest BCUT2D eigenvalue weighted by molar-refractivity contribution is -0.141. The van der Waals surface area contributed by atoms with Gasteiger partial charge in [0.05, 0.1) is 10.6 Å². The average molecular weight is 281 g/mol. The van der Waals surface area contributed by atoms with Crippen LogP contribution in [0.15, 0.2) is 6.07 Å². The molecule has 0 fully saturated rings. The third-order valence-corrected chi connectivity index (χ3v) is 4.36. The first kappa shape index (κ1) is 13.5. The molecular weight excluding hydrogens is 266 g/mol. The molecule has 0 aliphatic heterocycles. The lowest BCUT2D eigenvalue weighted by atomic mass is 10.2. The van der Waals surface area contributed by atoms with E-state index in [1.807, 2.05) is 14.0 Å². The van der Waals surface area contributed by atoms with Crippen molar-refractivity contribution in [2.45, 2.75) is 19.9 Å². The van der Waals surface area contributed by atoms with Crippen LogP contribution < -0.4 is 0 Å². The summed E-state index contributed by atoms with van der Waals surface area (Å²) in [5.74, 6) is -1.30. The lowest BCUT2D eigenvalue weighted by Gasteiger charge is -2.20. The van der Waals surface area contributed by atoms with Gasteiger partial charge in [0, 0.05) is 19.5 Å². The highest BCUT2D eigenvalue weighted by atomic mass is 32.1. The van der Waals surface area contributed by atoms with E-state index >= 15 is 0 Å². The number of aryl methyl sites for hydroxylation is 2. The summed E-state index contributed by atoms with van der Waals surface area (Å²) < 4.78 is 1.73. The minimum atomic E-state index is -1.02. The predicted molar refractivity (Wildman–Crippen MR) is 72.5 cm³/mol. The van der Waals surface area contributed by atoms with Crippen LogP contribution in [0.5, 0.6) is 0 Å². The SMILES string of the molecule is Cc1nn(C)c2sc(C(=O)N(C)C(C)C(=O)O)cc12. The zero-order valence-electron chi connectivity index (χ0n) is 11.2. The molecule has 2 rings (SSSR count). The molecule has 1 unspecified atom stereocenters. The number of likely N-dealkylation sites (N-methyl/N-ethyl adjacent to an activating group) is 1. The minimum absolute atomic E-state index is 0.282. The van der Waals surface area contributed by atoms with Gasteiger partial charge in [-0.3, -0.25) is 9.48 Å². The first-order chi connectivity index (χ1) is 8.82. The molecule has 0 aromatic carbocycles. The van der Waals surface area contributed by atoms with E-state index < -0.39 is 12.0 Å². The maximum atomic E-state index is 12.2. The van der Waals surface area contributed by atoms with E-state index in [9.17, 15) is 9.59 Å². The van der Waals surface area contributed by atoms with Crippen LogP contribution in [0.2, 0.25) is 0 Å². The summed E-state index contributed by atoms with van der Waals surface area (Å²) in [6.07, 6.45) is 0. The van der Waals surface area contributed by atoms with Crippen LogP contribution in [0.4, 0.5) is 0 Å². The van der Waals surface area contributed by atoms with Crippen LogP contribution in [0, 0.1) is 6.92 Å². The first-order valence-electron chi connectivity index (χ1n) is 5.76. The van der Waals surface area contributed by atoms with Gasteiger partial charge in [-0.25, -0.2) is 4.79 Å². The van der Waals surface area contributed by atoms with E-state index in [1.54, 1.807) is 10.7 Å². The Labute approximate surface area is 114 Å². The van der Waals surface area contributed by atoms with Crippen molar-refractivity contribution in [2.75, 3.05) is 7.05 Å². The van der Waals surface area contributed by atoms with Crippen molar-refractivity contribution in [1.82, 2.24) is 14.7 Å². The molecule has 2 aromatic rings. The predicted octanol–water partition coefficient (Wildman–Crippen LogP) is 1.49. The van der Waals surface area contributed by atoms with Gasteiger partial charge in [-0.05, 0) is 19.9 Å². The molecule has 1 amide bonds. The van der Waals surface area contributed by atoms with Crippen molar-refractivity contribution in [3.8, 4) is 0 Å². The highest BCUT2D eigenvalue weighted by Crippen LogP contribution is 2.28. The molecule has 2 heterocycles. The molecule has 0 bridgehead atoms. The number of carbonyl (C=O) groups is 2. The maximum absolute atomic E-state index is 12.2. The molecule has 19 heavy (non-hydrogen) atoms. The van der Waals surface area contributed by atoms with E-state index in [4.69, 9.17) is 5.11 Å². The van der Waals surface area contributed by atoms with Gasteiger partial charge in [0.2, 0.25) is 0 Å². The van der Waals surface area contributed by atoms with Gasteiger partial charge in [0.25, 0.3) is 5.91 Å². The van der Waals surface area contributed by atoms with Crippen molar-refractivity contribution in [1.29, 1.82) is 0 Å². The number of carboxylic acids is 1. The summed E-state index contributed by atoms with van der Waals surface area (Å²) in [6, 6.07) is 0.923. The highest BCUT2D eigenvalue weighted by Gasteiger charge is 2.25. The first-order valence-corrected chi connectivity index (χ1v) is 6.57. The van der Waals surface area contributed by atoms with Crippen molar-refractivity contribution in [3.05, 3.63) is 16.6 Å². The van der Waals surface area contributed by atoms with Crippen LogP contribution in [0.3, 0.4) is 0 Å². The molecule has 102 valence electrons. The zero-order valence-corrected chi connectivity index (χ0v) is 12.0. The molecule has 7 heteroatoms. The highest BCUT2D eigenvalue weighted by molar-refractivity contribution is 7.20. The summed E-state index contributed by atoms with van der Waals surface area (Å²) in [5, 5.41) is 14.1. The summed E-state index contributed by atoms with van der Waals surface area (Å²) in [7, 11) is 3.32. The molecule has 0 aliphatic carbocycles. The fraction of sp³-hybridized carbons (Fsp3) is 0.417. The second-order valence-electron chi connectivity index (χ2n) is 4.47. The summed E-state index contributed by atoms with van der Waals surface area (Å²) >= 11 is 1.33. The fourth-order valence-electron chi connectivity index (χ4n) is 1.83. The summed E-state index contributed by atoms with van der Waals surface area (Å²) in [6.45, 7) is 3.37. The molecule has 1 N–H and O–H groups in total. The van der Waals surface area contributed by atoms with E-state index in [0.29, 0.717) is 4.88 Å². The second-order valence-corrected chi connectivity index (χ2v) is 5.50. The quantitative estimate of drug-likeness (QED) is 0.924. The monoisotopic (exact) mass is 281 g/mol. The van der Waals surface area contributed by atoms with Gasteiger partial charge in [-0.15, -0.1) is 11.3 Å². The number of hydrogen-bond donors (Lipinski definition) is 1. The van der Waals surface area contributed by atoms with Gasteiger partial charge in [0.15, 0.2) is 0 Å². The Morgan fingerprint density at radius 2 is 2.16 bits per heavy atom. The van der Waals surface area contributed by atoms with Crippen LogP contribution in [-0.4, -0.2) is 44.8 Å². The van der Waals surface area contributed by atoms with Crippen molar-refractivity contribution in [2.24, 2.45) is 7.05 Å². The van der Waals surface area contributed by atoms with Gasteiger partial charge in [-0.2, -0.15) is 5.10 Å². The van der Waals surface area contributed by atoms with Crippen LogP contribution >= 0.6 is 11.3 Å². The number of aromatic nitrogens is 2. The average Bonchev–Trinajstić information content (AvgIpc) is 2.89. The Morgan fingerprint density at radius 1 is 1.53 bits per heavy atom. The Bertz CT molecular complexity index is 624. The van der Waals surface area contributed by atoms with Crippen molar-refractivity contribution in [3.63, 3.8) is 0 Å². The number of fused-ring (bicyclic) bond motifs is 1. The number of carbonyl (C=O) groups excluding carboxylic acids is 1. The van der Waals surface area contributed by atoms with Gasteiger partial charge >= 0.3 is 5.97 Å². The second kappa shape index (κ2) is 4.65. The molecule has 0 aliphatic rings. The zero-order chi connectivity index (χ0) is 14.3. The molecule has 6 nitrogen and oxygen atoms in total. The van der Waals surface area contributed by atoms with Crippen LogP contribution in [0.1, 0.15) is 22.3 Å². The Hall–Kier alpha value is -1.89. The van der Waals surface area contributed by atoms with Gasteiger partial charge in [0.1, 0.15) is 10.9 Å². The third-order valence-electron chi connectivity index (χ3n) is 3.17. The van der Waals surface area contributed by atoms with E-state index in [-0.39, 0.29) is 5.91 Å². The smallest absolute Gasteiger partial charge is 0.326 e. The number of thiophene rings is 1. The normalized spacial score (nSPS) is 12.6. The fourth-order valence-corrected chi connectivity index (χ4v) is 2.93. The minimum Gasteiger partial charge on any atom is -0.480 e. The van der Waals surface area contributed by atoms with E-state index in [2.05, 4.69) is 5.10 Å².